The molecule has 0 heterocycles. The van der Waals surface area contributed by atoms with Gasteiger partial charge in [0.25, 0.3) is 0 Å². The summed E-state index contributed by atoms with van der Waals surface area (Å²) in [5.41, 5.74) is 6.69. The quantitative estimate of drug-likeness (QED) is 0.830. The lowest BCUT2D eigenvalue weighted by Gasteiger charge is -2.46. The van der Waals surface area contributed by atoms with Crippen molar-refractivity contribution >= 4 is 5.91 Å². The van der Waals surface area contributed by atoms with Crippen molar-refractivity contribution in [3.05, 3.63) is 0 Å². The first-order valence-electron chi connectivity index (χ1n) is 8.40. The summed E-state index contributed by atoms with van der Waals surface area (Å²) in [6.07, 6.45) is 7.35. The number of carbonyl (C=O) groups is 1. The Labute approximate surface area is 123 Å². The Kier molecular flexibility index (Phi) is 3.39. The Bertz CT molecular complexity index is 396. The molecule has 3 aliphatic rings. The topological polar surface area (TPSA) is 55.1 Å². The molecule has 3 fully saturated rings. The largest absolute Gasteiger partial charge is 0.355 e. The summed E-state index contributed by atoms with van der Waals surface area (Å²) in [6.45, 7) is 7.56. The molecular formula is C17H30N2O. The molecule has 114 valence electrons. The van der Waals surface area contributed by atoms with Gasteiger partial charge >= 0.3 is 0 Å². The number of amides is 1. The van der Waals surface area contributed by atoms with Gasteiger partial charge in [0.05, 0.1) is 0 Å². The van der Waals surface area contributed by atoms with E-state index in [4.69, 9.17) is 5.73 Å². The summed E-state index contributed by atoms with van der Waals surface area (Å²) in [4.78, 5) is 12.6. The van der Waals surface area contributed by atoms with Crippen LogP contribution in [0.4, 0.5) is 0 Å². The van der Waals surface area contributed by atoms with Gasteiger partial charge in [-0.05, 0) is 61.2 Å². The first kappa shape index (κ1) is 14.4. The molecular weight excluding hydrogens is 248 g/mol. The van der Waals surface area contributed by atoms with Gasteiger partial charge in [-0.2, -0.15) is 0 Å². The summed E-state index contributed by atoms with van der Waals surface area (Å²) in [7, 11) is 0. The third kappa shape index (κ3) is 2.38. The number of carbonyl (C=O) groups excluding carboxylic acids is 1. The highest BCUT2D eigenvalue weighted by atomic mass is 16.1. The van der Waals surface area contributed by atoms with E-state index in [1.165, 1.54) is 25.7 Å². The summed E-state index contributed by atoms with van der Waals surface area (Å²) < 4.78 is 0. The average Bonchev–Trinajstić information content (AvgIpc) is 3.26. The third-order valence-corrected chi connectivity index (χ3v) is 6.77. The van der Waals surface area contributed by atoms with Crippen LogP contribution in [0.1, 0.15) is 59.3 Å². The zero-order valence-electron chi connectivity index (χ0n) is 13.2. The number of rotatable bonds is 4. The van der Waals surface area contributed by atoms with Crippen LogP contribution in [0, 0.1) is 28.6 Å². The molecule has 3 rings (SSSR count). The lowest BCUT2D eigenvalue weighted by Crippen LogP contribution is -2.52. The van der Waals surface area contributed by atoms with Crippen molar-refractivity contribution in [3.63, 3.8) is 0 Å². The van der Waals surface area contributed by atoms with Crippen molar-refractivity contribution in [3.8, 4) is 0 Å². The molecule has 0 bridgehead atoms. The van der Waals surface area contributed by atoms with Crippen LogP contribution >= 0.6 is 0 Å². The lowest BCUT2D eigenvalue weighted by atomic mass is 9.61. The van der Waals surface area contributed by atoms with E-state index in [9.17, 15) is 4.79 Å². The standard InChI is InChI=1S/C17H30N2O/c1-11-14(18)7-6-13(16(11,2)3)15(20)19-10-17(8-9-17)12-4-5-12/h11-14H,4-10,18H2,1-3H3,(H,19,20). The molecule has 0 aromatic carbocycles. The van der Waals surface area contributed by atoms with Crippen molar-refractivity contribution in [1.82, 2.24) is 5.32 Å². The minimum Gasteiger partial charge on any atom is -0.355 e. The predicted molar refractivity (Wildman–Crippen MR) is 81.0 cm³/mol. The van der Waals surface area contributed by atoms with Gasteiger partial charge < -0.3 is 11.1 Å². The molecule has 3 N–H and O–H groups in total. The van der Waals surface area contributed by atoms with Crippen molar-refractivity contribution in [2.24, 2.45) is 34.3 Å². The van der Waals surface area contributed by atoms with Gasteiger partial charge in [0, 0.05) is 18.5 Å². The number of nitrogens with two attached hydrogens (primary N) is 1. The Hall–Kier alpha value is -0.570. The molecule has 20 heavy (non-hydrogen) atoms. The van der Waals surface area contributed by atoms with Crippen LogP contribution in [0.3, 0.4) is 0 Å². The molecule has 3 heteroatoms. The monoisotopic (exact) mass is 278 g/mol. The SMILES string of the molecule is CC1C(N)CCC(C(=O)NCC2(C3CC3)CC2)C1(C)C. The van der Waals surface area contributed by atoms with Gasteiger partial charge in [0.1, 0.15) is 0 Å². The van der Waals surface area contributed by atoms with Crippen LogP contribution in [0.5, 0.6) is 0 Å². The van der Waals surface area contributed by atoms with Crippen LogP contribution in [-0.2, 0) is 4.79 Å². The van der Waals surface area contributed by atoms with Crippen molar-refractivity contribution in [2.75, 3.05) is 6.54 Å². The zero-order valence-corrected chi connectivity index (χ0v) is 13.2. The van der Waals surface area contributed by atoms with Crippen LogP contribution in [0.25, 0.3) is 0 Å². The van der Waals surface area contributed by atoms with E-state index in [-0.39, 0.29) is 23.3 Å². The Morgan fingerprint density at radius 1 is 1.20 bits per heavy atom. The molecule has 3 atom stereocenters. The second-order valence-corrected chi connectivity index (χ2v) is 8.26. The molecule has 0 aromatic rings. The fourth-order valence-corrected chi connectivity index (χ4v) is 4.29. The molecule has 0 spiro atoms. The third-order valence-electron chi connectivity index (χ3n) is 6.77. The molecule has 0 aliphatic heterocycles. The molecule has 3 saturated carbocycles. The van der Waals surface area contributed by atoms with Crippen molar-refractivity contribution in [1.29, 1.82) is 0 Å². The average molecular weight is 278 g/mol. The maximum Gasteiger partial charge on any atom is 0.223 e. The van der Waals surface area contributed by atoms with Gasteiger partial charge in [0.2, 0.25) is 5.91 Å². The van der Waals surface area contributed by atoms with E-state index in [2.05, 4.69) is 26.1 Å². The summed E-state index contributed by atoms with van der Waals surface area (Å²) in [6, 6.07) is 0.246. The fraction of sp³-hybridized carbons (Fsp3) is 0.941. The smallest absolute Gasteiger partial charge is 0.223 e. The van der Waals surface area contributed by atoms with Gasteiger partial charge in [-0.3, -0.25) is 4.79 Å². The van der Waals surface area contributed by atoms with E-state index < -0.39 is 0 Å². The minimum atomic E-state index is 0.0119. The van der Waals surface area contributed by atoms with Gasteiger partial charge in [-0.1, -0.05) is 20.8 Å². The molecule has 1 amide bonds. The van der Waals surface area contributed by atoms with Gasteiger partial charge in [0.15, 0.2) is 0 Å². The summed E-state index contributed by atoms with van der Waals surface area (Å²) in [5.74, 6) is 1.73. The van der Waals surface area contributed by atoms with Crippen LogP contribution in [0.2, 0.25) is 0 Å². The van der Waals surface area contributed by atoms with E-state index in [0.29, 0.717) is 11.3 Å². The molecule has 0 saturated heterocycles. The van der Waals surface area contributed by atoms with E-state index >= 15 is 0 Å². The van der Waals surface area contributed by atoms with Crippen molar-refractivity contribution < 1.29 is 4.79 Å². The first-order valence-corrected chi connectivity index (χ1v) is 8.40. The highest BCUT2D eigenvalue weighted by Crippen LogP contribution is 2.60. The molecule has 0 aromatic heterocycles. The zero-order chi connectivity index (χ0) is 14.5. The van der Waals surface area contributed by atoms with E-state index in [0.717, 1.165) is 25.3 Å². The first-order chi connectivity index (χ1) is 9.37. The maximum atomic E-state index is 12.6. The Morgan fingerprint density at radius 2 is 1.85 bits per heavy atom. The minimum absolute atomic E-state index is 0.0119. The second kappa shape index (κ2) is 4.72. The maximum absolute atomic E-state index is 12.6. The van der Waals surface area contributed by atoms with Crippen LogP contribution in [-0.4, -0.2) is 18.5 Å². The van der Waals surface area contributed by atoms with Gasteiger partial charge in [-0.15, -0.1) is 0 Å². The second-order valence-electron chi connectivity index (χ2n) is 8.26. The highest BCUT2D eigenvalue weighted by Gasteiger charge is 2.54. The predicted octanol–water partition coefficient (Wildman–Crippen LogP) is 2.69. The number of hydrogen-bond acceptors (Lipinski definition) is 2. The highest BCUT2D eigenvalue weighted by molar-refractivity contribution is 5.79. The Morgan fingerprint density at radius 3 is 2.40 bits per heavy atom. The lowest BCUT2D eigenvalue weighted by molar-refractivity contribution is -0.132. The van der Waals surface area contributed by atoms with Crippen LogP contribution < -0.4 is 11.1 Å². The number of hydrogen-bond donors (Lipinski definition) is 2. The molecule has 3 aliphatic carbocycles. The van der Waals surface area contributed by atoms with Crippen LogP contribution in [0.15, 0.2) is 0 Å². The van der Waals surface area contributed by atoms with Crippen molar-refractivity contribution in [2.45, 2.75) is 65.3 Å². The molecule has 0 radical (unpaired) electrons. The normalized spacial score (nSPS) is 38.3. The van der Waals surface area contributed by atoms with E-state index in [1.807, 2.05) is 0 Å². The molecule has 3 nitrogen and oxygen atoms in total. The summed E-state index contributed by atoms with van der Waals surface area (Å²) in [5, 5.41) is 3.29. The van der Waals surface area contributed by atoms with E-state index in [1.54, 1.807) is 0 Å². The fourth-order valence-electron chi connectivity index (χ4n) is 4.29. The number of nitrogens with one attached hydrogen (secondary N) is 1. The Balaban J connectivity index is 1.59. The molecule has 3 unspecified atom stereocenters. The van der Waals surface area contributed by atoms with Gasteiger partial charge in [-0.25, -0.2) is 0 Å². The summed E-state index contributed by atoms with van der Waals surface area (Å²) >= 11 is 0.